The molecule has 2 atom stereocenters. The standard InChI is InChI=1S/C15H19N2O2/c18-14(16-11-12-5-2-1-3-6-12)15-9-4-7-13(8-10-15)17(15)19/h1-3,5-6,13H,4,7-11H2,(H,16,18)/t13?,15-/m1/s1. The third-order valence-corrected chi connectivity index (χ3v) is 4.49. The normalized spacial score (nSPS) is 30.3. The van der Waals surface area contributed by atoms with Gasteiger partial charge in [0.15, 0.2) is 0 Å². The maximum absolute atomic E-state index is 12.4. The van der Waals surface area contributed by atoms with Crippen molar-refractivity contribution in [1.29, 1.82) is 0 Å². The van der Waals surface area contributed by atoms with Gasteiger partial charge in [0.2, 0.25) is 5.91 Å². The minimum Gasteiger partial charge on any atom is -0.350 e. The number of nitrogens with zero attached hydrogens (tertiary/aromatic N) is 1. The van der Waals surface area contributed by atoms with Gasteiger partial charge in [-0.05, 0) is 37.7 Å². The zero-order chi connectivity index (χ0) is 13.3. The number of hydrogen-bond donors (Lipinski definition) is 1. The molecule has 2 fully saturated rings. The summed E-state index contributed by atoms with van der Waals surface area (Å²) in [7, 11) is 0. The van der Waals surface area contributed by atoms with Crippen molar-refractivity contribution in [2.24, 2.45) is 0 Å². The van der Waals surface area contributed by atoms with Crippen LogP contribution < -0.4 is 5.32 Å². The first-order valence-electron chi connectivity index (χ1n) is 7.01. The molecule has 1 aromatic carbocycles. The molecule has 2 heterocycles. The van der Waals surface area contributed by atoms with Gasteiger partial charge in [-0.3, -0.25) is 4.79 Å². The molecule has 2 aliphatic rings. The van der Waals surface area contributed by atoms with E-state index in [9.17, 15) is 10.0 Å². The number of amides is 1. The van der Waals surface area contributed by atoms with Gasteiger partial charge in [0, 0.05) is 12.6 Å². The summed E-state index contributed by atoms with van der Waals surface area (Å²) in [5.74, 6) is -0.0893. The molecule has 0 aliphatic carbocycles. The zero-order valence-electron chi connectivity index (χ0n) is 11.0. The van der Waals surface area contributed by atoms with E-state index in [4.69, 9.17) is 0 Å². The molecule has 1 aromatic rings. The smallest absolute Gasteiger partial charge is 0.243 e. The summed E-state index contributed by atoms with van der Waals surface area (Å²) in [6.07, 6.45) is 4.21. The van der Waals surface area contributed by atoms with Crippen LogP contribution in [0.1, 0.15) is 37.7 Å². The fourth-order valence-corrected chi connectivity index (χ4v) is 3.38. The lowest BCUT2D eigenvalue weighted by Crippen LogP contribution is -2.57. The Hall–Kier alpha value is -1.39. The summed E-state index contributed by atoms with van der Waals surface area (Å²) in [6.45, 7) is 0.500. The van der Waals surface area contributed by atoms with E-state index in [0.717, 1.165) is 29.9 Å². The molecular weight excluding hydrogens is 240 g/mol. The number of carbonyl (C=O) groups is 1. The first-order valence-corrected chi connectivity index (χ1v) is 7.01. The number of piperidine rings is 1. The van der Waals surface area contributed by atoms with E-state index in [1.807, 2.05) is 30.3 Å². The van der Waals surface area contributed by atoms with Crippen LogP contribution in [0.15, 0.2) is 30.3 Å². The van der Waals surface area contributed by atoms with E-state index < -0.39 is 5.54 Å². The second kappa shape index (κ2) is 4.94. The van der Waals surface area contributed by atoms with Crippen molar-refractivity contribution >= 4 is 5.91 Å². The Morgan fingerprint density at radius 3 is 2.84 bits per heavy atom. The molecule has 1 radical (unpaired) electrons. The Labute approximate surface area is 113 Å². The Morgan fingerprint density at radius 2 is 2.05 bits per heavy atom. The van der Waals surface area contributed by atoms with Crippen LogP contribution in [0.25, 0.3) is 0 Å². The van der Waals surface area contributed by atoms with E-state index in [1.165, 1.54) is 0 Å². The molecule has 4 nitrogen and oxygen atoms in total. The van der Waals surface area contributed by atoms with Crippen LogP contribution in [0.3, 0.4) is 0 Å². The summed E-state index contributed by atoms with van der Waals surface area (Å²) < 4.78 is 0. The average Bonchev–Trinajstić information content (AvgIpc) is 2.66. The fourth-order valence-electron chi connectivity index (χ4n) is 3.38. The van der Waals surface area contributed by atoms with Crippen LogP contribution in [0.5, 0.6) is 0 Å². The van der Waals surface area contributed by atoms with Crippen LogP contribution in [0.2, 0.25) is 0 Å². The van der Waals surface area contributed by atoms with Crippen LogP contribution >= 0.6 is 0 Å². The molecule has 2 aliphatic heterocycles. The van der Waals surface area contributed by atoms with Gasteiger partial charge in [0.25, 0.3) is 0 Å². The average molecular weight is 259 g/mol. The number of hydrogen-bond acceptors (Lipinski definition) is 2. The molecule has 0 spiro atoms. The van der Waals surface area contributed by atoms with Crippen LogP contribution in [0, 0.1) is 0 Å². The highest BCUT2D eigenvalue weighted by atomic mass is 16.5. The molecule has 2 bridgehead atoms. The second-order valence-corrected chi connectivity index (χ2v) is 5.61. The third-order valence-electron chi connectivity index (χ3n) is 4.49. The largest absolute Gasteiger partial charge is 0.350 e. The van der Waals surface area contributed by atoms with Crippen LogP contribution in [-0.2, 0) is 16.5 Å². The SMILES string of the molecule is [O]N1C2CCC[C@]1(C(=O)NCc1ccccc1)CC2. The van der Waals surface area contributed by atoms with Crippen molar-refractivity contribution in [3.8, 4) is 0 Å². The van der Waals surface area contributed by atoms with Crippen molar-refractivity contribution in [2.45, 2.75) is 50.2 Å². The van der Waals surface area contributed by atoms with Crippen LogP contribution in [-0.4, -0.2) is 22.6 Å². The van der Waals surface area contributed by atoms with Gasteiger partial charge in [-0.15, -0.1) is 10.3 Å². The molecule has 1 unspecified atom stereocenters. The first-order chi connectivity index (χ1) is 9.22. The van der Waals surface area contributed by atoms with E-state index >= 15 is 0 Å². The molecule has 0 saturated carbocycles. The number of benzene rings is 1. The van der Waals surface area contributed by atoms with Crippen molar-refractivity contribution in [3.63, 3.8) is 0 Å². The summed E-state index contributed by atoms with van der Waals surface area (Å²) in [4.78, 5) is 12.4. The zero-order valence-corrected chi connectivity index (χ0v) is 11.0. The van der Waals surface area contributed by atoms with Crippen molar-refractivity contribution in [2.75, 3.05) is 0 Å². The molecule has 101 valence electrons. The Kier molecular flexibility index (Phi) is 3.29. The van der Waals surface area contributed by atoms with Gasteiger partial charge < -0.3 is 5.32 Å². The molecule has 1 N–H and O–H groups in total. The van der Waals surface area contributed by atoms with Gasteiger partial charge in [0.1, 0.15) is 5.54 Å². The quantitative estimate of drug-likeness (QED) is 0.903. The lowest BCUT2D eigenvalue weighted by atomic mass is 9.89. The topological polar surface area (TPSA) is 52.2 Å². The predicted octanol–water partition coefficient (Wildman–Crippen LogP) is 2.04. The predicted molar refractivity (Wildman–Crippen MR) is 70.4 cm³/mol. The lowest BCUT2D eigenvalue weighted by molar-refractivity contribution is -0.239. The molecule has 1 amide bonds. The third kappa shape index (κ3) is 2.15. The van der Waals surface area contributed by atoms with Crippen LogP contribution in [0.4, 0.5) is 0 Å². The van der Waals surface area contributed by atoms with Gasteiger partial charge in [-0.25, -0.2) is 0 Å². The summed E-state index contributed by atoms with van der Waals surface area (Å²) in [5, 5.41) is 16.2. The first kappa shape index (κ1) is 12.6. The molecule has 2 saturated heterocycles. The Bertz CT molecular complexity index is 458. The van der Waals surface area contributed by atoms with E-state index in [1.54, 1.807) is 0 Å². The molecule has 3 rings (SSSR count). The highest BCUT2D eigenvalue weighted by Gasteiger charge is 2.54. The van der Waals surface area contributed by atoms with Gasteiger partial charge >= 0.3 is 0 Å². The number of fused-ring (bicyclic) bond motifs is 2. The molecular formula is C15H19N2O2. The highest BCUT2D eigenvalue weighted by molar-refractivity contribution is 5.86. The number of nitrogens with one attached hydrogen (secondary N) is 1. The maximum Gasteiger partial charge on any atom is 0.243 e. The molecule has 0 aromatic heterocycles. The highest BCUT2D eigenvalue weighted by Crippen LogP contribution is 2.43. The summed E-state index contributed by atoms with van der Waals surface area (Å²) in [5.41, 5.74) is 0.285. The maximum atomic E-state index is 12.4. The number of hydroxylamine groups is 2. The van der Waals surface area contributed by atoms with Crippen molar-refractivity contribution in [1.82, 2.24) is 10.4 Å². The fraction of sp³-hybridized carbons (Fsp3) is 0.533. The van der Waals surface area contributed by atoms with Gasteiger partial charge in [-0.1, -0.05) is 30.3 Å². The second-order valence-electron chi connectivity index (χ2n) is 5.61. The molecule has 4 heteroatoms. The Balaban J connectivity index is 1.67. The van der Waals surface area contributed by atoms with Crippen molar-refractivity contribution in [3.05, 3.63) is 35.9 Å². The minimum absolute atomic E-state index is 0.0659. The van der Waals surface area contributed by atoms with E-state index in [2.05, 4.69) is 5.32 Å². The summed E-state index contributed by atoms with van der Waals surface area (Å²) in [6, 6.07) is 9.87. The number of rotatable bonds is 3. The monoisotopic (exact) mass is 259 g/mol. The van der Waals surface area contributed by atoms with Crippen molar-refractivity contribution < 1.29 is 10.0 Å². The summed E-state index contributed by atoms with van der Waals surface area (Å²) >= 11 is 0. The van der Waals surface area contributed by atoms with E-state index in [-0.39, 0.29) is 11.9 Å². The Morgan fingerprint density at radius 1 is 1.26 bits per heavy atom. The minimum atomic E-state index is -0.780. The molecule has 19 heavy (non-hydrogen) atoms. The van der Waals surface area contributed by atoms with Gasteiger partial charge in [-0.2, -0.15) is 0 Å². The lowest BCUT2D eigenvalue weighted by Gasteiger charge is -2.37. The number of carbonyl (C=O) groups excluding carboxylic acids is 1. The van der Waals surface area contributed by atoms with Gasteiger partial charge in [0.05, 0.1) is 0 Å². The van der Waals surface area contributed by atoms with E-state index in [0.29, 0.717) is 19.4 Å².